The van der Waals surface area contributed by atoms with Gasteiger partial charge in [0.25, 0.3) is 20.2 Å². The quantitative estimate of drug-likeness (QED) is 0.357. The third kappa shape index (κ3) is 6.09. The molecule has 2 aromatic carbocycles. The van der Waals surface area contributed by atoms with Crippen molar-refractivity contribution in [3.05, 3.63) is 24.3 Å². The molecule has 0 saturated carbocycles. The van der Waals surface area contributed by atoms with Gasteiger partial charge >= 0.3 is 10.4 Å². The Balaban J connectivity index is 0.000000550. The molecular formula is C10H10O12S3. The van der Waals surface area contributed by atoms with E-state index in [0.717, 1.165) is 12.1 Å². The van der Waals surface area contributed by atoms with Crippen LogP contribution in [0.25, 0.3) is 10.8 Å². The lowest BCUT2D eigenvalue weighted by molar-refractivity contribution is 0.380. The summed E-state index contributed by atoms with van der Waals surface area (Å²) in [6.07, 6.45) is 0. The zero-order valence-electron chi connectivity index (χ0n) is 11.7. The Bertz CT molecular complexity index is 1050. The first-order valence-corrected chi connectivity index (χ1v) is 9.92. The van der Waals surface area contributed by atoms with Crippen LogP contribution in [0.4, 0.5) is 0 Å². The summed E-state index contributed by atoms with van der Waals surface area (Å²) in [6, 6.07) is 3.09. The molecule has 0 spiro atoms. The van der Waals surface area contributed by atoms with Crippen LogP contribution in [-0.4, -0.2) is 53.7 Å². The molecule has 0 aliphatic carbocycles. The molecule has 0 unspecified atom stereocenters. The second-order valence-corrected chi connectivity index (χ2v) is 8.12. The molecule has 0 radical (unpaired) electrons. The molecule has 0 aliphatic heterocycles. The molecule has 12 nitrogen and oxygen atoms in total. The minimum Gasteiger partial charge on any atom is -0.507 e. The van der Waals surface area contributed by atoms with E-state index >= 15 is 0 Å². The van der Waals surface area contributed by atoms with Crippen molar-refractivity contribution >= 4 is 41.4 Å². The van der Waals surface area contributed by atoms with Gasteiger partial charge in [-0.15, -0.1) is 0 Å². The van der Waals surface area contributed by atoms with Crippen LogP contribution in [0.15, 0.2) is 34.1 Å². The molecular weight excluding hydrogens is 408 g/mol. The van der Waals surface area contributed by atoms with Crippen LogP contribution in [-0.2, 0) is 30.6 Å². The lowest BCUT2D eigenvalue weighted by Crippen LogP contribution is -2.00. The van der Waals surface area contributed by atoms with Crippen LogP contribution in [0, 0.1) is 0 Å². The van der Waals surface area contributed by atoms with E-state index < -0.39 is 51.9 Å². The van der Waals surface area contributed by atoms with Crippen molar-refractivity contribution in [2.75, 3.05) is 0 Å². The average molecular weight is 418 g/mol. The van der Waals surface area contributed by atoms with Crippen molar-refractivity contribution in [2.45, 2.75) is 9.79 Å². The van der Waals surface area contributed by atoms with Gasteiger partial charge in [0.2, 0.25) is 0 Å². The van der Waals surface area contributed by atoms with Crippen molar-refractivity contribution in [2.24, 2.45) is 0 Å². The number of hydrogen-bond acceptors (Lipinski definition) is 8. The first-order valence-electron chi connectivity index (χ1n) is 5.65. The Morgan fingerprint density at radius 2 is 0.880 bits per heavy atom. The fourth-order valence-corrected chi connectivity index (χ4v) is 2.79. The normalized spacial score (nSPS) is 12.5. The van der Waals surface area contributed by atoms with E-state index in [-0.39, 0.29) is 10.8 Å². The predicted molar refractivity (Wildman–Crippen MR) is 81.1 cm³/mol. The number of hydrogen-bond donors (Lipinski definition) is 6. The van der Waals surface area contributed by atoms with E-state index in [1.54, 1.807) is 0 Å². The van der Waals surface area contributed by atoms with Gasteiger partial charge in [0, 0.05) is 12.1 Å². The largest absolute Gasteiger partial charge is 0.507 e. The van der Waals surface area contributed by atoms with Gasteiger partial charge in [-0.05, 0) is 17.5 Å². The Kier molecular flexibility index (Phi) is 5.65. The minimum absolute atomic E-state index is 0.190. The van der Waals surface area contributed by atoms with Gasteiger partial charge in [0.1, 0.15) is 11.5 Å². The molecule has 140 valence electrons. The van der Waals surface area contributed by atoms with Crippen LogP contribution in [0.3, 0.4) is 0 Å². The van der Waals surface area contributed by atoms with Gasteiger partial charge in [-0.2, -0.15) is 25.3 Å². The van der Waals surface area contributed by atoms with Crippen molar-refractivity contribution in [1.29, 1.82) is 0 Å². The summed E-state index contributed by atoms with van der Waals surface area (Å²) in [5.41, 5.74) is 0. The van der Waals surface area contributed by atoms with Crippen molar-refractivity contribution in [3.63, 3.8) is 0 Å². The highest BCUT2D eigenvalue weighted by atomic mass is 32.3. The van der Waals surface area contributed by atoms with E-state index in [1.165, 1.54) is 0 Å². The van der Waals surface area contributed by atoms with E-state index in [2.05, 4.69) is 0 Å². The molecule has 0 aromatic heterocycles. The molecule has 25 heavy (non-hydrogen) atoms. The number of phenols is 2. The highest BCUT2D eigenvalue weighted by Gasteiger charge is 2.19. The molecule has 0 bridgehead atoms. The summed E-state index contributed by atoms with van der Waals surface area (Å²) in [5, 5.41) is 18.9. The van der Waals surface area contributed by atoms with Gasteiger partial charge in [0.05, 0.1) is 15.2 Å². The van der Waals surface area contributed by atoms with E-state index in [4.69, 9.17) is 26.6 Å². The zero-order valence-corrected chi connectivity index (χ0v) is 14.1. The molecule has 2 rings (SSSR count). The summed E-state index contributed by atoms with van der Waals surface area (Å²) in [7, 11) is -13.9. The van der Waals surface area contributed by atoms with Gasteiger partial charge in [-0.25, -0.2) is 0 Å². The Morgan fingerprint density at radius 1 is 0.600 bits per heavy atom. The Labute approximate surface area is 141 Å². The number of phenolic OH excluding ortho intramolecular Hbond substituents is 2. The molecule has 6 N–H and O–H groups in total. The molecule has 0 amide bonds. The van der Waals surface area contributed by atoms with Crippen LogP contribution in [0.5, 0.6) is 11.5 Å². The molecule has 0 fully saturated rings. The van der Waals surface area contributed by atoms with E-state index in [0.29, 0.717) is 12.1 Å². The van der Waals surface area contributed by atoms with Crippen LogP contribution >= 0.6 is 0 Å². The number of rotatable bonds is 2. The second-order valence-electron chi connectivity index (χ2n) is 4.38. The average Bonchev–Trinajstić information content (AvgIpc) is 2.33. The fourth-order valence-electron chi connectivity index (χ4n) is 1.71. The summed E-state index contributed by atoms with van der Waals surface area (Å²) < 4.78 is 93.4. The number of aromatic hydroxyl groups is 2. The highest BCUT2D eigenvalue weighted by molar-refractivity contribution is 7.86. The van der Waals surface area contributed by atoms with E-state index in [9.17, 15) is 27.0 Å². The maximum absolute atomic E-state index is 11.0. The maximum atomic E-state index is 11.0. The van der Waals surface area contributed by atoms with E-state index in [1.807, 2.05) is 0 Å². The Hall–Kier alpha value is -2.01. The summed E-state index contributed by atoms with van der Waals surface area (Å²) in [5.74, 6) is -1.34. The number of fused-ring (bicyclic) bond motifs is 1. The zero-order chi connectivity index (χ0) is 19.8. The Morgan fingerprint density at radius 3 is 1.12 bits per heavy atom. The fraction of sp³-hybridized carbons (Fsp3) is 0. The van der Waals surface area contributed by atoms with Crippen LogP contribution < -0.4 is 0 Å². The van der Waals surface area contributed by atoms with Crippen molar-refractivity contribution < 1.29 is 53.7 Å². The summed E-state index contributed by atoms with van der Waals surface area (Å²) in [4.78, 5) is -1.37. The number of benzene rings is 2. The maximum Gasteiger partial charge on any atom is 0.394 e. The SMILES string of the molecule is O=S(=O)(O)O.O=S(=O)(O)c1cc(O)c2c(O)cc(S(=O)(=O)O)cc2c1. The smallest absolute Gasteiger partial charge is 0.394 e. The molecule has 15 heteroatoms. The first-order chi connectivity index (χ1) is 11.0. The topological polar surface area (TPSA) is 224 Å². The lowest BCUT2D eigenvalue weighted by atomic mass is 10.1. The van der Waals surface area contributed by atoms with Gasteiger partial charge in [-0.3, -0.25) is 18.2 Å². The van der Waals surface area contributed by atoms with Crippen LogP contribution in [0.1, 0.15) is 0 Å². The molecule has 0 atom stereocenters. The second kappa shape index (κ2) is 6.71. The molecule has 0 aliphatic rings. The first kappa shape index (κ1) is 21.0. The minimum atomic E-state index is -4.67. The monoisotopic (exact) mass is 418 g/mol. The molecule has 2 aromatic rings. The standard InChI is InChI=1S/C10H8O8S2.H2O4S/c11-8-3-6(19(13,14)15)1-5-2-7(20(16,17)18)4-9(12)10(5)8;1-5(2,3)4/h1-4,11-12H,(H,13,14,15)(H,16,17,18);(H2,1,2,3,4). The lowest BCUT2D eigenvalue weighted by Gasteiger charge is -2.08. The summed E-state index contributed by atoms with van der Waals surface area (Å²) in [6.45, 7) is 0. The molecule has 0 heterocycles. The van der Waals surface area contributed by atoms with Crippen LogP contribution in [0.2, 0.25) is 0 Å². The third-order valence-electron chi connectivity index (χ3n) is 2.55. The highest BCUT2D eigenvalue weighted by Crippen LogP contribution is 2.37. The van der Waals surface area contributed by atoms with Gasteiger partial charge in [-0.1, -0.05) is 0 Å². The van der Waals surface area contributed by atoms with Gasteiger partial charge < -0.3 is 10.2 Å². The predicted octanol–water partition coefficient (Wildman–Crippen LogP) is 0.0916. The summed E-state index contributed by atoms with van der Waals surface area (Å²) >= 11 is 0. The van der Waals surface area contributed by atoms with Crippen molar-refractivity contribution in [1.82, 2.24) is 0 Å². The van der Waals surface area contributed by atoms with Gasteiger partial charge in [0.15, 0.2) is 0 Å². The third-order valence-corrected chi connectivity index (χ3v) is 4.21. The molecule has 0 saturated heterocycles. The van der Waals surface area contributed by atoms with Crippen molar-refractivity contribution in [3.8, 4) is 11.5 Å².